The van der Waals surface area contributed by atoms with Crippen LogP contribution < -0.4 is 10.4 Å². The summed E-state index contributed by atoms with van der Waals surface area (Å²) in [5.74, 6) is -5.55. The summed E-state index contributed by atoms with van der Waals surface area (Å²) in [6.07, 6.45) is -6.32. The Labute approximate surface area is 106 Å². The molecule has 0 unspecified atom stereocenters. The highest BCUT2D eigenvalue weighted by Crippen LogP contribution is 2.15. The van der Waals surface area contributed by atoms with Gasteiger partial charge >= 0.3 is 18.1 Å². The predicted octanol–water partition coefficient (Wildman–Crippen LogP) is -0.627. The van der Waals surface area contributed by atoms with Crippen LogP contribution in [-0.2, 0) is 19.1 Å². The number of esters is 1. The molecular formula is C10H13F3NO5-. The topological polar surface area (TPSA) is 95.5 Å². The third kappa shape index (κ3) is 7.27. The molecule has 110 valence electrons. The van der Waals surface area contributed by atoms with E-state index in [1.807, 2.05) is 0 Å². The molecule has 1 N–H and O–H groups in total. The number of carboxylic acids is 1. The summed E-state index contributed by atoms with van der Waals surface area (Å²) in [5, 5.41) is 11.6. The molecule has 0 aliphatic heterocycles. The van der Waals surface area contributed by atoms with E-state index in [0.717, 1.165) is 0 Å². The number of nitrogens with one attached hydrogen (secondary N) is 1. The smallest absolute Gasteiger partial charge is 0.471 e. The van der Waals surface area contributed by atoms with E-state index in [-0.39, 0.29) is 12.5 Å². The van der Waals surface area contributed by atoms with Crippen molar-refractivity contribution in [1.82, 2.24) is 5.32 Å². The summed E-state index contributed by atoms with van der Waals surface area (Å²) in [7, 11) is 0. The van der Waals surface area contributed by atoms with Gasteiger partial charge in [0.15, 0.2) is 0 Å². The molecule has 0 aliphatic carbocycles. The molecule has 1 atom stereocenters. The number of hydrogen-bond donors (Lipinski definition) is 1. The lowest BCUT2D eigenvalue weighted by Crippen LogP contribution is -2.49. The molecule has 0 saturated heterocycles. The number of halogens is 3. The Balaban J connectivity index is 4.67. The van der Waals surface area contributed by atoms with E-state index in [1.54, 1.807) is 13.8 Å². The number of amides is 1. The standard InChI is InChI=1S/C10H14F3NO5/c1-5(2)4-19-8(17)6(3-7(15)16)14-9(18)10(11,12)13/h5-6H,3-4H2,1-2H3,(H,14,18)(H,15,16)/p-1/t6-/m0/s1. The van der Waals surface area contributed by atoms with Crippen LogP contribution in [0.2, 0.25) is 0 Å². The maximum Gasteiger partial charge on any atom is 0.471 e. The monoisotopic (exact) mass is 284 g/mol. The fraction of sp³-hybridized carbons (Fsp3) is 0.700. The van der Waals surface area contributed by atoms with Gasteiger partial charge in [-0.05, 0) is 5.92 Å². The van der Waals surface area contributed by atoms with Gasteiger partial charge in [0.2, 0.25) is 0 Å². The number of ether oxygens (including phenoxy) is 1. The van der Waals surface area contributed by atoms with E-state index in [2.05, 4.69) is 4.74 Å². The molecule has 0 spiro atoms. The molecule has 0 heterocycles. The number of carboxylic acid groups (broad SMARTS) is 1. The summed E-state index contributed by atoms with van der Waals surface area (Å²) >= 11 is 0. The molecular weight excluding hydrogens is 271 g/mol. The van der Waals surface area contributed by atoms with E-state index in [4.69, 9.17) is 0 Å². The lowest BCUT2D eigenvalue weighted by molar-refractivity contribution is -0.306. The molecule has 0 aromatic carbocycles. The second kappa shape index (κ2) is 6.95. The van der Waals surface area contributed by atoms with Gasteiger partial charge in [0.05, 0.1) is 6.61 Å². The van der Waals surface area contributed by atoms with Gasteiger partial charge in [-0.2, -0.15) is 13.2 Å². The van der Waals surface area contributed by atoms with Crippen molar-refractivity contribution in [2.45, 2.75) is 32.5 Å². The normalized spacial score (nSPS) is 12.9. The average Bonchev–Trinajstić information content (AvgIpc) is 2.22. The summed E-state index contributed by atoms with van der Waals surface area (Å²) in [4.78, 5) is 32.3. The van der Waals surface area contributed by atoms with Gasteiger partial charge < -0.3 is 20.0 Å². The molecule has 0 aromatic rings. The van der Waals surface area contributed by atoms with Crippen molar-refractivity contribution >= 4 is 17.8 Å². The maximum absolute atomic E-state index is 12.0. The van der Waals surface area contributed by atoms with Crippen LogP contribution in [0.15, 0.2) is 0 Å². The summed E-state index contributed by atoms with van der Waals surface area (Å²) in [5.41, 5.74) is 0. The van der Waals surface area contributed by atoms with Gasteiger partial charge in [0.25, 0.3) is 0 Å². The van der Waals surface area contributed by atoms with Gasteiger partial charge in [-0.1, -0.05) is 13.8 Å². The van der Waals surface area contributed by atoms with Crippen LogP contribution in [0.4, 0.5) is 13.2 Å². The van der Waals surface area contributed by atoms with Crippen LogP contribution in [0.5, 0.6) is 0 Å². The number of alkyl halides is 3. The number of carbonyl (C=O) groups is 3. The number of aliphatic carboxylic acids is 1. The Morgan fingerprint density at radius 2 is 1.79 bits per heavy atom. The van der Waals surface area contributed by atoms with Crippen LogP contribution in [0.3, 0.4) is 0 Å². The molecule has 0 saturated carbocycles. The van der Waals surface area contributed by atoms with Crippen molar-refractivity contribution in [2.75, 3.05) is 6.61 Å². The largest absolute Gasteiger partial charge is 0.550 e. The highest BCUT2D eigenvalue weighted by atomic mass is 19.4. The van der Waals surface area contributed by atoms with Crippen molar-refractivity contribution < 1.29 is 37.4 Å². The maximum atomic E-state index is 12.0. The molecule has 0 radical (unpaired) electrons. The molecule has 0 fully saturated rings. The molecule has 19 heavy (non-hydrogen) atoms. The first-order valence-corrected chi connectivity index (χ1v) is 5.28. The third-order valence-electron chi connectivity index (χ3n) is 1.78. The molecule has 0 rings (SSSR count). The van der Waals surface area contributed by atoms with Crippen molar-refractivity contribution in [1.29, 1.82) is 0 Å². The zero-order valence-corrected chi connectivity index (χ0v) is 10.2. The van der Waals surface area contributed by atoms with Gasteiger partial charge in [0, 0.05) is 12.4 Å². The third-order valence-corrected chi connectivity index (χ3v) is 1.78. The van der Waals surface area contributed by atoms with Crippen LogP contribution in [0, 0.1) is 5.92 Å². The molecule has 0 aromatic heterocycles. The second-order valence-corrected chi connectivity index (χ2v) is 4.12. The van der Waals surface area contributed by atoms with Crippen molar-refractivity contribution in [3.8, 4) is 0 Å². The van der Waals surface area contributed by atoms with Gasteiger partial charge in [-0.15, -0.1) is 0 Å². The van der Waals surface area contributed by atoms with Crippen molar-refractivity contribution in [2.24, 2.45) is 5.92 Å². The minimum atomic E-state index is -5.22. The number of carbonyl (C=O) groups excluding carboxylic acids is 3. The Morgan fingerprint density at radius 3 is 2.16 bits per heavy atom. The zero-order valence-electron chi connectivity index (χ0n) is 10.2. The van der Waals surface area contributed by atoms with Gasteiger partial charge in [0.1, 0.15) is 6.04 Å². The molecule has 9 heteroatoms. The van der Waals surface area contributed by atoms with Crippen LogP contribution in [-0.4, -0.2) is 36.7 Å². The highest BCUT2D eigenvalue weighted by molar-refractivity contribution is 5.89. The average molecular weight is 284 g/mol. The fourth-order valence-electron chi connectivity index (χ4n) is 0.949. The summed E-state index contributed by atoms with van der Waals surface area (Å²) in [6.45, 7) is 3.24. The van der Waals surface area contributed by atoms with E-state index < -0.39 is 36.5 Å². The van der Waals surface area contributed by atoms with Gasteiger partial charge in [-0.25, -0.2) is 4.79 Å². The fourth-order valence-corrected chi connectivity index (χ4v) is 0.949. The molecule has 0 bridgehead atoms. The first-order chi connectivity index (χ1) is 8.54. The predicted molar refractivity (Wildman–Crippen MR) is 53.4 cm³/mol. The second-order valence-electron chi connectivity index (χ2n) is 4.12. The molecule has 1 amide bonds. The lowest BCUT2D eigenvalue weighted by Gasteiger charge is -2.19. The van der Waals surface area contributed by atoms with Crippen molar-refractivity contribution in [3.63, 3.8) is 0 Å². The van der Waals surface area contributed by atoms with Crippen LogP contribution >= 0.6 is 0 Å². The summed E-state index contributed by atoms with van der Waals surface area (Å²) < 4.78 is 40.6. The summed E-state index contributed by atoms with van der Waals surface area (Å²) in [6, 6.07) is -1.93. The Morgan fingerprint density at radius 1 is 1.26 bits per heavy atom. The Bertz CT molecular complexity index is 354. The van der Waals surface area contributed by atoms with E-state index in [0.29, 0.717) is 0 Å². The minimum Gasteiger partial charge on any atom is -0.550 e. The van der Waals surface area contributed by atoms with E-state index in [1.165, 1.54) is 5.32 Å². The first-order valence-electron chi connectivity index (χ1n) is 5.28. The zero-order chi connectivity index (χ0) is 15.2. The van der Waals surface area contributed by atoms with E-state index >= 15 is 0 Å². The van der Waals surface area contributed by atoms with Crippen molar-refractivity contribution in [3.05, 3.63) is 0 Å². The minimum absolute atomic E-state index is 0.0918. The Hall–Kier alpha value is -1.80. The Kier molecular flexibility index (Phi) is 6.30. The first kappa shape index (κ1) is 17.2. The van der Waals surface area contributed by atoms with Crippen LogP contribution in [0.25, 0.3) is 0 Å². The molecule has 0 aliphatic rings. The highest BCUT2D eigenvalue weighted by Gasteiger charge is 2.41. The number of rotatable bonds is 6. The van der Waals surface area contributed by atoms with Crippen LogP contribution in [0.1, 0.15) is 20.3 Å². The lowest BCUT2D eigenvalue weighted by atomic mass is 10.2. The number of hydrogen-bond acceptors (Lipinski definition) is 5. The quantitative estimate of drug-likeness (QED) is 0.655. The molecule has 6 nitrogen and oxygen atoms in total. The van der Waals surface area contributed by atoms with E-state index in [9.17, 15) is 32.7 Å². The SMILES string of the molecule is CC(C)COC(=O)[C@H](CC(=O)[O-])NC(=O)C(F)(F)F. The van der Waals surface area contributed by atoms with Gasteiger partial charge in [-0.3, -0.25) is 4.79 Å².